The van der Waals surface area contributed by atoms with Crippen molar-refractivity contribution in [2.24, 2.45) is 0 Å². The summed E-state index contributed by atoms with van der Waals surface area (Å²) in [5, 5.41) is 31.9. The maximum Gasteiger partial charge on any atom is 0.101 e. The zero-order valence-corrected chi connectivity index (χ0v) is 38.8. The Morgan fingerprint density at radius 2 is 0.803 bits per heavy atom. The van der Waals surface area contributed by atoms with Gasteiger partial charge in [0.05, 0.1) is 66.6 Å². The Hall–Kier alpha value is -9.62. The molecule has 0 N–H and O–H groups in total. The van der Waals surface area contributed by atoms with Crippen LogP contribution in [-0.4, -0.2) is 18.3 Å². The van der Waals surface area contributed by atoms with Crippen LogP contribution in [0.3, 0.4) is 0 Å². The molecule has 10 aromatic carbocycles. The molecule has 1 aliphatic carbocycles. The second-order valence-electron chi connectivity index (χ2n) is 19.5. The van der Waals surface area contributed by atoms with Gasteiger partial charge in [0.2, 0.25) is 0 Å². The fraction of sp³-hybridized carbons (Fsp3) is 0.0462. The Bertz CT molecular complexity index is 4700. The quantitative estimate of drug-likeness (QED) is 0.177. The van der Waals surface area contributed by atoms with Crippen LogP contribution in [0.5, 0.6) is 0 Å². The van der Waals surface area contributed by atoms with Gasteiger partial charge >= 0.3 is 0 Å². The van der Waals surface area contributed by atoms with Gasteiger partial charge in [-0.05, 0) is 101 Å². The number of nitrogens with zero attached hydrogens (tertiary/aromatic N) is 6. The summed E-state index contributed by atoms with van der Waals surface area (Å²) in [6.45, 7) is 4.59. The Balaban J connectivity index is 1.06. The van der Waals surface area contributed by atoms with Crippen LogP contribution in [0.4, 0.5) is 0 Å². The summed E-state index contributed by atoms with van der Waals surface area (Å²) < 4.78 is 9.18. The molecule has 0 bridgehead atoms. The number of para-hydroxylation sites is 5. The molecule has 0 fully saturated rings. The molecular formula is C65H40N6. The van der Waals surface area contributed by atoms with Crippen LogP contribution < -0.4 is 0 Å². The molecule has 0 radical (unpaired) electrons. The van der Waals surface area contributed by atoms with Gasteiger partial charge in [0, 0.05) is 59.9 Å². The molecule has 4 aromatic heterocycles. The number of nitriles is 2. The minimum Gasteiger partial charge on any atom is -0.309 e. The maximum absolute atomic E-state index is 11.5. The molecule has 0 saturated carbocycles. The second-order valence-corrected chi connectivity index (χ2v) is 19.5. The summed E-state index contributed by atoms with van der Waals surface area (Å²) >= 11 is 0. The highest BCUT2D eigenvalue weighted by atomic mass is 15.1. The van der Waals surface area contributed by atoms with Gasteiger partial charge in [0.15, 0.2) is 0 Å². The van der Waals surface area contributed by atoms with Crippen molar-refractivity contribution >= 4 is 87.2 Å². The fourth-order valence-corrected chi connectivity index (χ4v) is 12.5. The Kier molecular flexibility index (Phi) is 7.88. The van der Waals surface area contributed by atoms with Crippen LogP contribution in [0.25, 0.3) is 121 Å². The largest absolute Gasteiger partial charge is 0.309 e. The minimum atomic E-state index is -0.230. The molecule has 0 spiro atoms. The van der Waals surface area contributed by atoms with Crippen molar-refractivity contribution in [1.29, 1.82) is 10.5 Å². The van der Waals surface area contributed by atoms with Crippen molar-refractivity contribution in [3.63, 3.8) is 0 Å². The van der Waals surface area contributed by atoms with Crippen LogP contribution in [0.2, 0.25) is 0 Å². The number of benzene rings is 10. The lowest BCUT2D eigenvalue weighted by Crippen LogP contribution is -2.15. The van der Waals surface area contributed by atoms with E-state index in [-0.39, 0.29) is 5.41 Å². The van der Waals surface area contributed by atoms with Crippen LogP contribution in [0.15, 0.2) is 206 Å². The number of aromatic nitrogens is 4. The van der Waals surface area contributed by atoms with Crippen molar-refractivity contribution in [3.05, 3.63) is 229 Å². The predicted molar refractivity (Wildman–Crippen MR) is 291 cm³/mol. The van der Waals surface area contributed by atoms with Crippen molar-refractivity contribution in [1.82, 2.24) is 18.3 Å². The highest BCUT2D eigenvalue weighted by Gasteiger charge is 2.36. The van der Waals surface area contributed by atoms with E-state index in [9.17, 15) is 10.5 Å². The third-order valence-electron chi connectivity index (χ3n) is 15.6. The van der Waals surface area contributed by atoms with E-state index in [0.29, 0.717) is 22.5 Å². The molecule has 4 heterocycles. The summed E-state index contributed by atoms with van der Waals surface area (Å²) in [5.74, 6) is 0. The predicted octanol–water partition coefficient (Wildman–Crippen LogP) is 16.1. The molecule has 0 unspecified atom stereocenters. The van der Waals surface area contributed by atoms with E-state index >= 15 is 0 Å². The van der Waals surface area contributed by atoms with Gasteiger partial charge in [-0.3, -0.25) is 0 Å². The van der Waals surface area contributed by atoms with E-state index in [0.717, 1.165) is 87.8 Å². The molecule has 15 rings (SSSR count). The number of rotatable bonds is 4. The van der Waals surface area contributed by atoms with Crippen LogP contribution in [-0.2, 0) is 5.41 Å². The van der Waals surface area contributed by atoms with Crippen LogP contribution in [0.1, 0.15) is 36.1 Å². The fourth-order valence-electron chi connectivity index (χ4n) is 12.5. The normalized spacial score (nSPS) is 13.0. The van der Waals surface area contributed by atoms with E-state index in [1.54, 1.807) is 0 Å². The lowest BCUT2D eigenvalue weighted by atomic mass is 9.82. The molecule has 71 heavy (non-hydrogen) atoms. The molecule has 1 aliphatic rings. The number of fused-ring (bicyclic) bond motifs is 16. The van der Waals surface area contributed by atoms with Gasteiger partial charge in [-0.25, -0.2) is 0 Å². The summed E-state index contributed by atoms with van der Waals surface area (Å²) in [6.07, 6.45) is 0. The molecule has 330 valence electrons. The van der Waals surface area contributed by atoms with Crippen LogP contribution in [0, 0.1) is 22.7 Å². The first-order chi connectivity index (χ1) is 34.9. The minimum absolute atomic E-state index is 0.230. The van der Waals surface area contributed by atoms with E-state index in [1.807, 2.05) is 12.1 Å². The standard InChI is InChI=1S/C65H40N6/c1-65(2)53-23-11-6-18-43(53)50-35-52-47-22-10-15-27-58(47)70(62(52)36-54(50)65)60-32-40(38-67)61(33-39(60)37-66)71-59-31-28-42(68-55-24-12-7-19-44(55)45-20-8-13-25-56(45)68)34-51(59)49-30-29-48-46-21-9-14-26-57(46)69(63(48)64(49)71)41-16-4-3-5-17-41/h3-36H,1-2H3. The van der Waals surface area contributed by atoms with Crippen molar-refractivity contribution in [2.75, 3.05) is 0 Å². The summed E-state index contributed by atoms with van der Waals surface area (Å²) in [4.78, 5) is 0. The van der Waals surface area contributed by atoms with E-state index in [4.69, 9.17) is 0 Å². The average Bonchev–Trinajstić information content (AvgIpc) is 4.19. The molecule has 6 nitrogen and oxygen atoms in total. The maximum atomic E-state index is 11.5. The van der Waals surface area contributed by atoms with E-state index in [1.165, 1.54) is 33.0 Å². The molecule has 0 aliphatic heterocycles. The van der Waals surface area contributed by atoms with Gasteiger partial charge in [-0.1, -0.05) is 141 Å². The lowest BCUT2D eigenvalue weighted by molar-refractivity contribution is 0.661. The van der Waals surface area contributed by atoms with Crippen molar-refractivity contribution < 1.29 is 0 Å². The summed E-state index contributed by atoms with van der Waals surface area (Å²) in [7, 11) is 0. The Morgan fingerprint density at radius 1 is 0.324 bits per heavy atom. The zero-order valence-electron chi connectivity index (χ0n) is 38.8. The zero-order chi connectivity index (χ0) is 47.3. The molecule has 14 aromatic rings. The first-order valence-corrected chi connectivity index (χ1v) is 24.1. The molecule has 6 heteroatoms. The van der Waals surface area contributed by atoms with E-state index in [2.05, 4.69) is 238 Å². The summed E-state index contributed by atoms with van der Waals surface area (Å²) in [5.41, 5.74) is 17.4. The molecular weight excluding hydrogens is 865 g/mol. The molecule has 0 amide bonds. The van der Waals surface area contributed by atoms with Gasteiger partial charge < -0.3 is 18.3 Å². The van der Waals surface area contributed by atoms with Crippen molar-refractivity contribution in [2.45, 2.75) is 19.3 Å². The molecule has 0 atom stereocenters. The molecule has 0 saturated heterocycles. The van der Waals surface area contributed by atoms with Gasteiger partial charge in [0.1, 0.15) is 12.1 Å². The first-order valence-electron chi connectivity index (χ1n) is 24.1. The summed E-state index contributed by atoms with van der Waals surface area (Å²) in [6, 6.07) is 78.5. The monoisotopic (exact) mass is 904 g/mol. The third kappa shape index (κ3) is 5.18. The Morgan fingerprint density at radius 3 is 1.45 bits per heavy atom. The number of hydrogen-bond acceptors (Lipinski definition) is 2. The Labute approximate surface area is 407 Å². The highest BCUT2D eigenvalue weighted by Crippen LogP contribution is 2.51. The number of hydrogen-bond donors (Lipinski definition) is 0. The third-order valence-corrected chi connectivity index (χ3v) is 15.6. The van der Waals surface area contributed by atoms with E-state index < -0.39 is 0 Å². The second kappa shape index (κ2) is 14.2. The van der Waals surface area contributed by atoms with Gasteiger partial charge in [0.25, 0.3) is 0 Å². The van der Waals surface area contributed by atoms with Gasteiger partial charge in [-0.15, -0.1) is 0 Å². The smallest absolute Gasteiger partial charge is 0.101 e. The average molecular weight is 905 g/mol. The first kappa shape index (κ1) is 39.4. The van der Waals surface area contributed by atoms with Gasteiger partial charge in [-0.2, -0.15) is 10.5 Å². The van der Waals surface area contributed by atoms with Crippen LogP contribution >= 0.6 is 0 Å². The lowest BCUT2D eigenvalue weighted by Gasteiger charge is -2.22. The SMILES string of the molecule is CC1(C)c2ccccc2-c2cc3c4ccccc4n(-c4cc(C#N)c(-n5c6ccc(-n7c8ccccc8c8ccccc87)cc6c6ccc7c8ccccc8n(-c8ccccc8)c7c65)cc4C#N)c3cc21. The van der Waals surface area contributed by atoms with Crippen molar-refractivity contribution in [3.8, 4) is 46.0 Å². The topological polar surface area (TPSA) is 67.3 Å². The highest BCUT2D eigenvalue weighted by molar-refractivity contribution is 6.24.